The van der Waals surface area contributed by atoms with Crippen molar-refractivity contribution in [3.8, 4) is 5.75 Å². The third-order valence-corrected chi connectivity index (χ3v) is 3.33. The molecule has 0 aliphatic carbocycles. The summed E-state index contributed by atoms with van der Waals surface area (Å²) in [5.41, 5.74) is 3.89. The van der Waals surface area contributed by atoms with Crippen LogP contribution in [0.3, 0.4) is 0 Å². The number of hydrogen-bond acceptors (Lipinski definition) is 3. The number of anilines is 1. The highest BCUT2D eigenvalue weighted by molar-refractivity contribution is 5.90. The SMILES string of the molecule is CCOc1ccc(NC(=O)CCc2c(C)n[nH]c2C)cc1. The van der Waals surface area contributed by atoms with Gasteiger partial charge in [0.15, 0.2) is 0 Å². The second-order valence-corrected chi connectivity index (χ2v) is 4.92. The highest BCUT2D eigenvalue weighted by atomic mass is 16.5. The summed E-state index contributed by atoms with van der Waals surface area (Å²) in [5, 5.41) is 9.96. The molecule has 0 saturated heterocycles. The van der Waals surface area contributed by atoms with Crippen LogP contribution in [-0.2, 0) is 11.2 Å². The summed E-state index contributed by atoms with van der Waals surface area (Å²) >= 11 is 0. The normalized spacial score (nSPS) is 10.4. The zero-order valence-electron chi connectivity index (χ0n) is 12.7. The molecule has 1 heterocycles. The Hall–Kier alpha value is -2.30. The van der Waals surface area contributed by atoms with Crippen LogP contribution in [0.4, 0.5) is 5.69 Å². The molecule has 5 nitrogen and oxygen atoms in total. The molecule has 0 saturated carbocycles. The van der Waals surface area contributed by atoms with E-state index < -0.39 is 0 Å². The molecule has 2 N–H and O–H groups in total. The van der Waals surface area contributed by atoms with E-state index in [1.165, 1.54) is 0 Å². The number of carbonyl (C=O) groups is 1. The third kappa shape index (κ3) is 4.08. The summed E-state index contributed by atoms with van der Waals surface area (Å²) < 4.78 is 5.37. The van der Waals surface area contributed by atoms with Crippen LogP contribution in [0.5, 0.6) is 5.75 Å². The first-order valence-electron chi connectivity index (χ1n) is 7.13. The number of rotatable bonds is 6. The largest absolute Gasteiger partial charge is 0.494 e. The summed E-state index contributed by atoms with van der Waals surface area (Å²) in [5.74, 6) is 0.805. The predicted octanol–water partition coefficient (Wildman–Crippen LogP) is 3.00. The number of nitrogens with zero attached hydrogens (tertiary/aromatic N) is 1. The Morgan fingerprint density at radius 3 is 2.57 bits per heavy atom. The van der Waals surface area contributed by atoms with E-state index in [0.29, 0.717) is 19.4 Å². The first-order chi connectivity index (χ1) is 10.1. The molecule has 0 aliphatic heterocycles. The summed E-state index contributed by atoms with van der Waals surface area (Å²) in [6.07, 6.45) is 1.13. The fourth-order valence-corrected chi connectivity index (χ4v) is 2.21. The molecular weight excluding hydrogens is 266 g/mol. The van der Waals surface area contributed by atoms with Crippen molar-refractivity contribution >= 4 is 11.6 Å². The molecular formula is C16H21N3O2. The van der Waals surface area contributed by atoms with Crippen molar-refractivity contribution in [3.05, 3.63) is 41.2 Å². The van der Waals surface area contributed by atoms with Gasteiger partial charge in [-0.1, -0.05) is 0 Å². The number of ether oxygens (including phenoxy) is 1. The van der Waals surface area contributed by atoms with Gasteiger partial charge < -0.3 is 10.1 Å². The Labute approximate surface area is 124 Å². The number of hydrogen-bond donors (Lipinski definition) is 2. The predicted molar refractivity (Wildman–Crippen MR) is 82.6 cm³/mol. The Morgan fingerprint density at radius 2 is 2.00 bits per heavy atom. The lowest BCUT2D eigenvalue weighted by Crippen LogP contribution is -2.12. The highest BCUT2D eigenvalue weighted by Crippen LogP contribution is 2.16. The summed E-state index contributed by atoms with van der Waals surface area (Å²) in [4.78, 5) is 12.0. The number of aryl methyl sites for hydroxylation is 2. The molecule has 0 fully saturated rings. The molecule has 0 atom stereocenters. The molecule has 0 spiro atoms. The van der Waals surface area contributed by atoms with E-state index in [0.717, 1.165) is 28.4 Å². The molecule has 0 bridgehead atoms. The monoisotopic (exact) mass is 287 g/mol. The molecule has 5 heteroatoms. The van der Waals surface area contributed by atoms with Crippen molar-refractivity contribution in [1.82, 2.24) is 10.2 Å². The van der Waals surface area contributed by atoms with Gasteiger partial charge in [0.05, 0.1) is 12.3 Å². The van der Waals surface area contributed by atoms with Crippen LogP contribution in [0.1, 0.15) is 30.3 Å². The number of aromatic nitrogens is 2. The van der Waals surface area contributed by atoms with Crippen molar-refractivity contribution < 1.29 is 9.53 Å². The van der Waals surface area contributed by atoms with Gasteiger partial charge >= 0.3 is 0 Å². The third-order valence-electron chi connectivity index (χ3n) is 3.33. The Kier molecular flexibility index (Phi) is 4.98. The summed E-state index contributed by atoms with van der Waals surface area (Å²) in [6, 6.07) is 7.39. The van der Waals surface area contributed by atoms with E-state index in [4.69, 9.17) is 4.74 Å². The Balaban J connectivity index is 1.87. The van der Waals surface area contributed by atoms with Gasteiger partial charge in [0.1, 0.15) is 5.75 Å². The summed E-state index contributed by atoms with van der Waals surface area (Å²) in [6.45, 7) is 6.49. The molecule has 0 unspecified atom stereocenters. The van der Waals surface area contributed by atoms with Gasteiger partial charge in [-0.2, -0.15) is 5.10 Å². The van der Waals surface area contributed by atoms with Gasteiger partial charge in [-0.25, -0.2) is 0 Å². The number of carbonyl (C=O) groups excluding carboxylic acids is 1. The lowest BCUT2D eigenvalue weighted by atomic mass is 10.1. The molecule has 112 valence electrons. The Bertz CT molecular complexity index is 583. The van der Waals surface area contributed by atoms with E-state index in [1.807, 2.05) is 45.0 Å². The standard InChI is InChI=1S/C16H21N3O2/c1-4-21-14-7-5-13(6-8-14)17-16(20)10-9-15-11(2)18-19-12(15)3/h5-8H,4,9-10H2,1-3H3,(H,17,20)(H,18,19). The van der Waals surface area contributed by atoms with Gasteiger partial charge in [0, 0.05) is 17.8 Å². The van der Waals surface area contributed by atoms with E-state index in [9.17, 15) is 4.79 Å². The van der Waals surface area contributed by atoms with Crippen LogP contribution in [-0.4, -0.2) is 22.7 Å². The molecule has 0 aliphatic rings. The highest BCUT2D eigenvalue weighted by Gasteiger charge is 2.09. The first-order valence-corrected chi connectivity index (χ1v) is 7.13. The van der Waals surface area contributed by atoms with E-state index in [1.54, 1.807) is 0 Å². The fourth-order valence-electron chi connectivity index (χ4n) is 2.21. The van der Waals surface area contributed by atoms with Gasteiger partial charge in [-0.05, 0) is 57.0 Å². The molecule has 1 aromatic carbocycles. The van der Waals surface area contributed by atoms with Crippen molar-refractivity contribution in [2.24, 2.45) is 0 Å². The average molecular weight is 287 g/mol. The number of H-pyrrole nitrogens is 1. The number of benzene rings is 1. The van der Waals surface area contributed by atoms with Crippen molar-refractivity contribution in [3.63, 3.8) is 0 Å². The topological polar surface area (TPSA) is 67.0 Å². The van der Waals surface area contributed by atoms with Crippen LogP contribution < -0.4 is 10.1 Å². The fraction of sp³-hybridized carbons (Fsp3) is 0.375. The minimum atomic E-state index is -0.000778. The van der Waals surface area contributed by atoms with Gasteiger partial charge in [-0.15, -0.1) is 0 Å². The van der Waals surface area contributed by atoms with E-state index >= 15 is 0 Å². The molecule has 1 amide bonds. The summed E-state index contributed by atoms with van der Waals surface area (Å²) in [7, 11) is 0. The zero-order valence-corrected chi connectivity index (χ0v) is 12.7. The van der Waals surface area contributed by atoms with E-state index in [-0.39, 0.29) is 5.91 Å². The molecule has 0 radical (unpaired) electrons. The van der Waals surface area contributed by atoms with E-state index in [2.05, 4.69) is 15.5 Å². The second-order valence-electron chi connectivity index (χ2n) is 4.92. The maximum atomic E-state index is 12.0. The van der Waals surface area contributed by atoms with Crippen molar-refractivity contribution in [1.29, 1.82) is 0 Å². The number of nitrogens with one attached hydrogen (secondary N) is 2. The van der Waals surface area contributed by atoms with Crippen molar-refractivity contribution in [2.75, 3.05) is 11.9 Å². The van der Waals surface area contributed by atoms with Crippen LogP contribution >= 0.6 is 0 Å². The molecule has 2 aromatic rings. The van der Waals surface area contributed by atoms with Gasteiger partial charge in [-0.3, -0.25) is 9.89 Å². The maximum absolute atomic E-state index is 12.0. The molecule has 1 aromatic heterocycles. The van der Waals surface area contributed by atoms with Crippen LogP contribution in [0.15, 0.2) is 24.3 Å². The van der Waals surface area contributed by atoms with Crippen LogP contribution in [0, 0.1) is 13.8 Å². The lowest BCUT2D eigenvalue weighted by Gasteiger charge is -2.07. The second kappa shape index (κ2) is 6.92. The quantitative estimate of drug-likeness (QED) is 0.858. The number of aromatic amines is 1. The maximum Gasteiger partial charge on any atom is 0.224 e. The van der Waals surface area contributed by atoms with Crippen LogP contribution in [0.25, 0.3) is 0 Å². The van der Waals surface area contributed by atoms with Crippen LogP contribution in [0.2, 0.25) is 0 Å². The molecule has 21 heavy (non-hydrogen) atoms. The smallest absolute Gasteiger partial charge is 0.224 e. The number of amides is 1. The zero-order chi connectivity index (χ0) is 15.2. The minimum Gasteiger partial charge on any atom is -0.494 e. The molecule has 2 rings (SSSR count). The average Bonchev–Trinajstić information content (AvgIpc) is 2.78. The van der Waals surface area contributed by atoms with Crippen molar-refractivity contribution in [2.45, 2.75) is 33.6 Å². The van der Waals surface area contributed by atoms with Gasteiger partial charge in [0.25, 0.3) is 0 Å². The van der Waals surface area contributed by atoms with Gasteiger partial charge in [0.2, 0.25) is 5.91 Å². The Morgan fingerprint density at radius 1 is 1.29 bits per heavy atom. The minimum absolute atomic E-state index is 0.000778. The lowest BCUT2D eigenvalue weighted by molar-refractivity contribution is -0.116. The first kappa shape index (κ1) is 15.1.